The molecule has 0 unspecified atom stereocenters. The quantitative estimate of drug-likeness (QED) is 0.665. The van der Waals surface area contributed by atoms with Gasteiger partial charge in [0.1, 0.15) is 0 Å². The van der Waals surface area contributed by atoms with Crippen LogP contribution in [0.2, 0.25) is 0 Å². The Bertz CT molecular complexity index is 245. The molecular formula is C5H3BBrF3N-. The van der Waals surface area contributed by atoms with Crippen molar-refractivity contribution in [1.29, 1.82) is 0 Å². The molecule has 0 saturated heterocycles. The average molecular weight is 225 g/mol. The van der Waals surface area contributed by atoms with E-state index in [4.69, 9.17) is 0 Å². The minimum absolute atomic E-state index is 0.543. The van der Waals surface area contributed by atoms with E-state index in [1.165, 1.54) is 6.07 Å². The second kappa shape index (κ2) is 2.85. The van der Waals surface area contributed by atoms with E-state index in [-0.39, 0.29) is 0 Å². The minimum Gasteiger partial charge on any atom is -0.444 e. The molecule has 0 amide bonds. The van der Waals surface area contributed by atoms with Crippen molar-refractivity contribution in [2.75, 3.05) is 0 Å². The van der Waals surface area contributed by atoms with Crippen molar-refractivity contribution in [3.8, 4) is 0 Å². The van der Waals surface area contributed by atoms with Crippen molar-refractivity contribution in [3.05, 3.63) is 22.8 Å². The van der Waals surface area contributed by atoms with E-state index in [1.807, 2.05) is 0 Å². The Labute approximate surface area is 69.8 Å². The van der Waals surface area contributed by atoms with E-state index in [0.29, 0.717) is 4.47 Å². The highest BCUT2D eigenvalue weighted by molar-refractivity contribution is 9.10. The zero-order chi connectivity index (χ0) is 8.48. The van der Waals surface area contributed by atoms with Crippen molar-refractivity contribution in [2.45, 2.75) is 0 Å². The Morgan fingerprint density at radius 2 is 1.91 bits per heavy atom. The average Bonchev–Trinajstić information content (AvgIpc) is 1.86. The van der Waals surface area contributed by atoms with Crippen LogP contribution in [-0.2, 0) is 0 Å². The van der Waals surface area contributed by atoms with Crippen LogP contribution in [0.15, 0.2) is 22.8 Å². The summed E-state index contributed by atoms with van der Waals surface area (Å²) in [6.45, 7) is -4.95. The SMILES string of the molecule is F[B-](F)(F)c1ccc(Br)cn1. The van der Waals surface area contributed by atoms with Gasteiger partial charge in [0.05, 0.1) is 0 Å². The Morgan fingerprint density at radius 3 is 2.27 bits per heavy atom. The number of hydrogen-bond donors (Lipinski definition) is 0. The van der Waals surface area contributed by atoms with Gasteiger partial charge in [0.25, 0.3) is 0 Å². The Kier molecular flexibility index (Phi) is 2.22. The first-order chi connectivity index (χ1) is 5.00. The molecule has 1 aromatic heterocycles. The summed E-state index contributed by atoms with van der Waals surface area (Å²) in [5.74, 6) is 0. The predicted molar refractivity (Wildman–Crippen MR) is 40.6 cm³/mol. The van der Waals surface area contributed by atoms with Crippen molar-refractivity contribution in [2.24, 2.45) is 0 Å². The molecule has 1 nitrogen and oxygen atoms in total. The fraction of sp³-hybridized carbons (Fsp3) is 0. The molecule has 0 aromatic carbocycles. The fourth-order valence-electron chi connectivity index (χ4n) is 0.581. The van der Waals surface area contributed by atoms with E-state index < -0.39 is 12.6 Å². The van der Waals surface area contributed by atoms with E-state index in [0.717, 1.165) is 12.3 Å². The van der Waals surface area contributed by atoms with Crippen LogP contribution in [0.4, 0.5) is 12.9 Å². The number of nitrogens with zero attached hydrogens (tertiary/aromatic N) is 1. The lowest BCUT2D eigenvalue weighted by molar-refractivity contribution is 0.498. The molecule has 1 rings (SSSR count). The minimum atomic E-state index is -4.95. The van der Waals surface area contributed by atoms with Crippen molar-refractivity contribution < 1.29 is 12.9 Å². The second-order valence-corrected chi connectivity index (χ2v) is 2.89. The number of hydrogen-bond acceptors (Lipinski definition) is 1. The summed E-state index contributed by atoms with van der Waals surface area (Å²) in [5.41, 5.74) is -0.812. The topological polar surface area (TPSA) is 12.9 Å². The zero-order valence-corrected chi connectivity index (χ0v) is 6.85. The summed E-state index contributed by atoms with van der Waals surface area (Å²) in [6.07, 6.45) is 1.13. The van der Waals surface area contributed by atoms with E-state index >= 15 is 0 Å². The molecule has 1 aromatic rings. The maximum absolute atomic E-state index is 11.9. The number of halogens is 4. The van der Waals surface area contributed by atoms with E-state index in [2.05, 4.69) is 20.9 Å². The molecule has 11 heavy (non-hydrogen) atoms. The molecule has 0 N–H and O–H groups in total. The molecule has 60 valence electrons. The van der Waals surface area contributed by atoms with Gasteiger partial charge < -0.3 is 12.9 Å². The molecule has 0 fully saturated rings. The van der Waals surface area contributed by atoms with Gasteiger partial charge in [-0.05, 0) is 27.6 Å². The standard InChI is InChI=1S/C5H3BBrF3N/c7-4-1-2-5(11-3-4)6(8,9)10/h1-3H/q-1. The zero-order valence-electron chi connectivity index (χ0n) is 5.27. The first-order valence-electron chi connectivity index (χ1n) is 2.81. The van der Waals surface area contributed by atoms with Crippen LogP contribution < -0.4 is 5.59 Å². The van der Waals surface area contributed by atoms with Gasteiger partial charge in [-0.15, -0.1) is 0 Å². The molecule has 0 aliphatic carbocycles. The van der Waals surface area contributed by atoms with Crippen LogP contribution in [0.5, 0.6) is 0 Å². The molecule has 0 atom stereocenters. The smallest absolute Gasteiger partial charge is 0.444 e. The summed E-state index contributed by atoms with van der Waals surface area (Å²) in [4.78, 5) is 3.21. The van der Waals surface area contributed by atoms with Crippen molar-refractivity contribution >= 4 is 28.5 Å². The second-order valence-electron chi connectivity index (χ2n) is 1.98. The Hall–Kier alpha value is -0.515. The molecule has 0 aliphatic heterocycles. The fourth-order valence-corrected chi connectivity index (χ4v) is 0.815. The van der Waals surface area contributed by atoms with Crippen LogP contribution in [-0.4, -0.2) is 12.0 Å². The summed E-state index contributed by atoms with van der Waals surface area (Å²) < 4.78 is 36.3. The third-order valence-corrected chi connectivity index (χ3v) is 1.55. The van der Waals surface area contributed by atoms with Gasteiger partial charge in [0, 0.05) is 10.7 Å². The van der Waals surface area contributed by atoms with Gasteiger partial charge in [0.15, 0.2) is 0 Å². The maximum atomic E-state index is 11.9. The van der Waals surface area contributed by atoms with Gasteiger partial charge in [-0.25, -0.2) is 0 Å². The first-order valence-corrected chi connectivity index (χ1v) is 3.61. The summed E-state index contributed by atoms with van der Waals surface area (Å²) in [7, 11) is 0. The summed E-state index contributed by atoms with van der Waals surface area (Å²) >= 11 is 2.99. The molecule has 1 heterocycles. The molecule has 0 spiro atoms. The maximum Gasteiger partial charge on any atom is 0.527 e. The Balaban J connectivity index is 2.99. The van der Waals surface area contributed by atoms with Crippen molar-refractivity contribution in [3.63, 3.8) is 0 Å². The third-order valence-electron chi connectivity index (χ3n) is 1.09. The summed E-state index contributed by atoms with van der Waals surface area (Å²) in [5, 5.41) is 0. The number of rotatable bonds is 1. The highest BCUT2D eigenvalue weighted by Gasteiger charge is 2.26. The van der Waals surface area contributed by atoms with Crippen molar-refractivity contribution in [1.82, 2.24) is 4.98 Å². The largest absolute Gasteiger partial charge is 0.527 e. The lowest BCUT2D eigenvalue weighted by atomic mass is 9.86. The van der Waals surface area contributed by atoms with Gasteiger partial charge in [-0.1, -0.05) is 6.07 Å². The molecule has 0 saturated carbocycles. The van der Waals surface area contributed by atoms with E-state index in [9.17, 15) is 12.9 Å². The highest BCUT2D eigenvalue weighted by Crippen LogP contribution is 2.09. The van der Waals surface area contributed by atoms with Crippen LogP contribution in [0.1, 0.15) is 0 Å². The highest BCUT2D eigenvalue weighted by atomic mass is 79.9. The summed E-state index contributed by atoms with van der Waals surface area (Å²) in [6, 6.07) is 2.27. The lowest BCUT2D eigenvalue weighted by Crippen LogP contribution is -2.36. The molecule has 6 heteroatoms. The number of aromatic nitrogens is 1. The third kappa shape index (κ3) is 2.22. The van der Waals surface area contributed by atoms with Gasteiger partial charge in [-0.3, -0.25) is 4.98 Å². The molecule has 0 aliphatic rings. The molecule has 0 bridgehead atoms. The lowest BCUT2D eigenvalue weighted by Gasteiger charge is -2.12. The molecule has 0 radical (unpaired) electrons. The number of pyridine rings is 1. The van der Waals surface area contributed by atoms with Crippen LogP contribution in [0.25, 0.3) is 0 Å². The van der Waals surface area contributed by atoms with Crippen LogP contribution in [0, 0.1) is 0 Å². The van der Waals surface area contributed by atoms with Gasteiger partial charge in [-0.2, -0.15) is 0 Å². The first kappa shape index (κ1) is 8.58. The molecular weight excluding hydrogens is 222 g/mol. The van der Waals surface area contributed by atoms with E-state index in [1.54, 1.807) is 0 Å². The Morgan fingerprint density at radius 1 is 1.27 bits per heavy atom. The van der Waals surface area contributed by atoms with Gasteiger partial charge in [0.2, 0.25) is 0 Å². The normalized spacial score (nSPS) is 11.6. The monoisotopic (exact) mass is 224 g/mol. The predicted octanol–water partition coefficient (Wildman–Crippen LogP) is 1.90. The van der Waals surface area contributed by atoms with Gasteiger partial charge >= 0.3 is 6.98 Å². The van der Waals surface area contributed by atoms with Crippen LogP contribution >= 0.6 is 15.9 Å². The van der Waals surface area contributed by atoms with Crippen LogP contribution in [0.3, 0.4) is 0 Å².